The molecule has 0 spiro atoms. The highest BCUT2D eigenvalue weighted by Crippen LogP contribution is 2.29. The molecule has 2 aromatic rings. The molecule has 2 N–H and O–H groups in total. The van der Waals surface area contributed by atoms with Crippen molar-refractivity contribution in [2.75, 3.05) is 19.0 Å². The molecule has 0 aromatic heterocycles. The smallest absolute Gasteiger partial charge is 0.131 e. The molecule has 1 atom stereocenters. The Bertz CT molecular complexity index is 633. The van der Waals surface area contributed by atoms with Crippen LogP contribution in [0.2, 0.25) is 0 Å². The van der Waals surface area contributed by atoms with Crippen LogP contribution >= 0.6 is 0 Å². The van der Waals surface area contributed by atoms with Gasteiger partial charge in [-0.3, -0.25) is 0 Å². The normalized spacial score (nSPS) is 13.6. The zero-order valence-corrected chi connectivity index (χ0v) is 11.9. The average molecular weight is 293 g/mol. The van der Waals surface area contributed by atoms with Gasteiger partial charge in [-0.1, -0.05) is 12.1 Å². The van der Waals surface area contributed by atoms with Crippen molar-refractivity contribution in [2.45, 2.75) is 12.5 Å². The molecule has 0 radical (unpaired) electrons. The fourth-order valence-corrected chi connectivity index (χ4v) is 2.15. The molecule has 5 heteroatoms. The van der Waals surface area contributed by atoms with Crippen LogP contribution in [0.4, 0.5) is 14.5 Å². The van der Waals surface area contributed by atoms with Gasteiger partial charge in [0.05, 0.1) is 19.3 Å². The predicted molar refractivity (Wildman–Crippen MR) is 77.4 cm³/mol. The Labute approximate surface area is 122 Å². The van der Waals surface area contributed by atoms with Crippen LogP contribution in [0, 0.1) is 11.6 Å². The molecule has 21 heavy (non-hydrogen) atoms. The standard InChI is InChI=1S/C16H17F2NO2/c1-16(10-20,14-7-6-11(17)8-15(14)18)19-12-4-3-5-13(9-12)21-2/h3-9,19-20H,10H2,1-2H3. The van der Waals surface area contributed by atoms with Crippen LogP contribution in [-0.2, 0) is 5.54 Å². The van der Waals surface area contributed by atoms with Crippen molar-refractivity contribution in [1.29, 1.82) is 0 Å². The molecule has 2 aromatic carbocycles. The summed E-state index contributed by atoms with van der Waals surface area (Å²) in [7, 11) is 1.55. The Morgan fingerprint density at radius 3 is 2.57 bits per heavy atom. The number of anilines is 1. The van der Waals surface area contributed by atoms with Crippen molar-refractivity contribution < 1.29 is 18.6 Å². The lowest BCUT2D eigenvalue weighted by atomic mass is 9.92. The zero-order valence-electron chi connectivity index (χ0n) is 11.9. The van der Waals surface area contributed by atoms with E-state index in [1.165, 1.54) is 12.1 Å². The van der Waals surface area contributed by atoms with Crippen LogP contribution in [0.5, 0.6) is 5.75 Å². The van der Waals surface area contributed by atoms with Crippen LogP contribution in [0.3, 0.4) is 0 Å². The molecule has 0 amide bonds. The molecule has 0 aliphatic carbocycles. The Morgan fingerprint density at radius 1 is 1.19 bits per heavy atom. The maximum Gasteiger partial charge on any atom is 0.131 e. The molecule has 0 saturated carbocycles. The van der Waals surface area contributed by atoms with E-state index in [0.29, 0.717) is 11.4 Å². The van der Waals surface area contributed by atoms with Crippen LogP contribution in [0.25, 0.3) is 0 Å². The van der Waals surface area contributed by atoms with Gasteiger partial charge in [0, 0.05) is 23.4 Å². The van der Waals surface area contributed by atoms with Crippen LogP contribution in [-0.4, -0.2) is 18.8 Å². The number of hydrogen-bond acceptors (Lipinski definition) is 3. The first kappa shape index (κ1) is 15.3. The summed E-state index contributed by atoms with van der Waals surface area (Å²) in [4.78, 5) is 0. The van der Waals surface area contributed by atoms with Crippen molar-refractivity contribution in [2.24, 2.45) is 0 Å². The van der Waals surface area contributed by atoms with Crippen LogP contribution in [0.1, 0.15) is 12.5 Å². The van der Waals surface area contributed by atoms with Gasteiger partial charge >= 0.3 is 0 Å². The van der Waals surface area contributed by atoms with E-state index in [1.807, 2.05) is 0 Å². The molecule has 0 saturated heterocycles. The third-order valence-electron chi connectivity index (χ3n) is 3.33. The third-order valence-corrected chi connectivity index (χ3v) is 3.33. The Morgan fingerprint density at radius 2 is 1.95 bits per heavy atom. The lowest BCUT2D eigenvalue weighted by Gasteiger charge is -2.31. The number of aliphatic hydroxyl groups excluding tert-OH is 1. The van der Waals surface area contributed by atoms with E-state index in [1.54, 1.807) is 38.3 Å². The highest BCUT2D eigenvalue weighted by Gasteiger charge is 2.29. The number of aliphatic hydroxyl groups is 1. The SMILES string of the molecule is COc1cccc(NC(C)(CO)c2ccc(F)cc2F)c1. The molecule has 0 fully saturated rings. The van der Waals surface area contributed by atoms with Crippen molar-refractivity contribution >= 4 is 5.69 Å². The Hall–Kier alpha value is -2.14. The highest BCUT2D eigenvalue weighted by molar-refractivity contribution is 5.51. The van der Waals surface area contributed by atoms with Gasteiger partial charge in [-0.25, -0.2) is 8.78 Å². The Balaban J connectivity index is 2.36. The van der Waals surface area contributed by atoms with Gasteiger partial charge in [-0.15, -0.1) is 0 Å². The average Bonchev–Trinajstić information content (AvgIpc) is 2.47. The van der Waals surface area contributed by atoms with Crippen molar-refractivity contribution in [3.05, 3.63) is 59.7 Å². The second kappa shape index (κ2) is 6.10. The lowest BCUT2D eigenvalue weighted by molar-refractivity contribution is 0.220. The van der Waals surface area contributed by atoms with E-state index in [4.69, 9.17) is 4.74 Å². The summed E-state index contributed by atoms with van der Waals surface area (Å²) in [5.74, 6) is -0.722. The summed E-state index contributed by atoms with van der Waals surface area (Å²) in [5, 5.41) is 12.7. The van der Waals surface area contributed by atoms with E-state index in [2.05, 4.69) is 5.32 Å². The topological polar surface area (TPSA) is 41.5 Å². The highest BCUT2D eigenvalue weighted by atomic mass is 19.1. The molecular weight excluding hydrogens is 276 g/mol. The molecule has 0 aliphatic heterocycles. The van der Waals surface area contributed by atoms with Gasteiger partial charge in [-0.2, -0.15) is 0 Å². The zero-order chi connectivity index (χ0) is 15.5. The number of benzene rings is 2. The Kier molecular flexibility index (Phi) is 4.43. The first-order valence-corrected chi connectivity index (χ1v) is 6.47. The maximum atomic E-state index is 14.0. The minimum atomic E-state index is -1.08. The van der Waals surface area contributed by atoms with Gasteiger partial charge in [0.25, 0.3) is 0 Å². The van der Waals surface area contributed by atoms with Crippen LogP contribution in [0.15, 0.2) is 42.5 Å². The lowest BCUT2D eigenvalue weighted by Crippen LogP contribution is -2.36. The van der Waals surface area contributed by atoms with Gasteiger partial charge < -0.3 is 15.2 Å². The van der Waals surface area contributed by atoms with Crippen molar-refractivity contribution in [3.8, 4) is 5.75 Å². The summed E-state index contributed by atoms with van der Waals surface area (Å²) >= 11 is 0. The third kappa shape index (κ3) is 3.31. The minimum absolute atomic E-state index is 0.189. The molecule has 0 aliphatic rings. The molecule has 0 bridgehead atoms. The van der Waals surface area contributed by atoms with Gasteiger partial charge in [0.1, 0.15) is 17.4 Å². The number of methoxy groups -OCH3 is 1. The number of halogens is 2. The largest absolute Gasteiger partial charge is 0.497 e. The molecule has 0 heterocycles. The number of rotatable bonds is 5. The van der Waals surface area contributed by atoms with E-state index in [-0.39, 0.29) is 12.2 Å². The van der Waals surface area contributed by atoms with Crippen molar-refractivity contribution in [1.82, 2.24) is 0 Å². The predicted octanol–water partition coefficient (Wildman–Crippen LogP) is 3.29. The van der Waals surface area contributed by atoms with E-state index >= 15 is 0 Å². The van der Waals surface area contributed by atoms with E-state index in [0.717, 1.165) is 6.07 Å². The fraction of sp³-hybridized carbons (Fsp3) is 0.250. The van der Waals surface area contributed by atoms with Crippen LogP contribution < -0.4 is 10.1 Å². The summed E-state index contributed by atoms with van der Waals surface area (Å²) in [5.41, 5.74) is -0.228. The van der Waals surface area contributed by atoms with Gasteiger partial charge in [-0.05, 0) is 25.1 Å². The molecule has 3 nitrogen and oxygen atoms in total. The first-order chi connectivity index (χ1) is 9.98. The number of nitrogens with one attached hydrogen (secondary N) is 1. The monoisotopic (exact) mass is 293 g/mol. The quantitative estimate of drug-likeness (QED) is 0.889. The summed E-state index contributed by atoms with van der Waals surface area (Å²) in [6.45, 7) is 1.29. The second-order valence-corrected chi connectivity index (χ2v) is 4.97. The maximum absolute atomic E-state index is 14.0. The molecule has 2 rings (SSSR count). The van der Waals surface area contributed by atoms with Gasteiger partial charge in [0.2, 0.25) is 0 Å². The molecular formula is C16H17F2NO2. The number of hydrogen-bond donors (Lipinski definition) is 2. The summed E-state index contributed by atoms with van der Waals surface area (Å²) in [6, 6.07) is 10.4. The van der Waals surface area contributed by atoms with Crippen molar-refractivity contribution in [3.63, 3.8) is 0 Å². The van der Waals surface area contributed by atoms with E-state index in [9.17, 15) is 13.9 Å². The summed E-state index contributed by atoms with van der Waals surface area (Å²) in [6.07, 6.45) is 0. The summed E-state index contributed by atoms with van der Waals surface area (Å²) < 4.78 is 32.1. The first-order valence-electron chi connectivity index (χ1n) is 6.47. The van der Waals surface area contributed by atoms with E-state index < -0.39 is 17.2 Å². The van der Waals surface area contributed by atoms with Gasteiger partial charge in [0.15, 0.2) is 0 Å². The minimum Gasteiger partial charge on any atom is -0.497 e. The molecule has 1 unspecified atom stereocenters. The number of ether oxygens (including phenoxy) is 1. The second-order valence-electron chi connectivity index (χ2n) is 4.97. The molecule has 112 valence electrons. The fourth-order valence-electron chi connectivity index (χ4n) is 2.15.